The largest absolute Gasteiger partial charge is 0.491 e. The molecule has 8 heteroatoms. The molecule has 0 fully saturated rings. The van der Waals surface area contributed by atoms with Crippen molar-refractivity contribution in [1.29, 1.82) is 10.5 Å². The number of H-pyrrole nitrogens is 1. The number of thioether (sulfide) groups is 1. The quantitative estimate of drug-likeness (QED) is 0.366. The molecule has 2 aromatic heterocycles. The second-order valence-electron chi connectivity index (χ2n) is 6.89. The number of aliphatic hydroxyl groups is 1. The summed E-state index contributed by atoms with van der Waals surface area (Å²) < 4.78 is 5.40. The average molecular weight is 442 g/mol. The monoisotopic (exact) mass is 441 g/mol. The number of rotatable bonds is 7. The molecule has 0 atom stereocenters. The summed E-state index contributed by atoms with van der Waals surface area (Å²) in [7, 11) is 0. The molecular weight excluding hydrogens is 422 g/mol. The van der Waals surface area contributed by atoms with Crippen LogP contribution in [-0.4, -0.2) is 28.3 Å². The zero-order chi connectivity index (χ0) is 22.5. The van der Waals surface area contributed by atoms with Crippen molar-refractivity contribution in [3.8, 4) is 29.0 Å². The first-order valence-electron chi connectivity index (χ1n) is 9.81. The smallest absolute Gasteiger partial charge is 0.143 e. The summed E-state index contributed by atoms with van der Waals surface area (Å²) in [5, 5.41) is 30.2. The first kappa shape index (κ1) is 21.3. The lowest BCUT2D eigenvalue weighted by atomic mass is 9.97. The second-order valence-corrected chi connectivity index (χ2v) is 7.86. The van der Waals surface area contributed by atoms with Crippen LogP contribution in [0.4, 0.5) is 5.82 Å². The molecule has 0 radical (unpaired) electrons. The molecule has 4 aromatic rings. The van der Waals surface area contributed by atoms with Gasteiger partial charge in [0.1, 0.15) is 40.9 Å². The molecule has 32 heavy (non-hydrogen) atoms. The van der Waals surface area contributed by atoms with Crippen molar-refractivity contribution in [3.05, 3.63) is 71.4 Å². The lowest BCUT2D eigenvalue weighted by Gasteiger charge is -2.14. The molecule has 0 aliphatic rings. The van der Waals surface area contributed by atoms with E-state index >= 15 is 0 Å². The topological polar surface area (TPSA) is 132 Å². The van der Waals surface area contributed by atoms with Crippen molar-refractivity contribution in [2.45, 2.75) is 10.8 Å². The number of aliphatic hydroxyl groups excluding tert-OH is 1. The summed E-state index contributed by atoms with van der Waals surface area (Å²) in [5.41, 5.74) is 9.87. The Kier molecular flexibility index (Phi) is 6.27. The number of ether oxygens (including phenoxy) is 1. The highest BCUT2D eigenvalue weighted by atomic mass is 32.2. The van der Waals surface area contributed by atoms with E-state index in [1.165, 1.54) is 11.8 Å². The SMILES string of the molecule is N#Cc1c(N)nc(SCc2cccc3[nH]ccc23)c(C#N)c1-c1ccc(OCCO)cc1. The normalized spacial score (nSPS) is 10.6. The number of benzene rings is 2. The van der Waals surface area contributed by atoms with Crippen LogP contribution >= 0.6 is 11.8 Å². The number of nitrogens with one attached hydrogen (secondary N) is 1. The van der Waals surface area contributed by atoms with Crippen LogP contribution in [0.1, 0.15) is 16.7 Å². The Morgan fingerprint density at radius 3 is 2.56 bits per heavy atom. The van der Waals surface area contributed by atoms with Gasteiger partial charge in [0, 0.05) is 28.4 Å². The van der Waals surface area contributed by atoms with Crippen LogP contribution in [0.5, 0.6) is 5.75 Å². The Morgan fingerprint density at radius 1 is 1.06 bits per heavy atom. The van der Waals surface area contributed by atoms with Crippen molar-refractivity contribution < 1.29 is 9.84 Å². The zero-order valence-electron chi connectivity index (χ0n) is 17.0. The number of nitriles is 2. The highest BCUT2D eigenvalue weighted by Gasteiger charge is 2.21. The number of hydrogen-bond acceptors (Lipinski definition) is 7. The van der Waals surface area contributed by atoms with Gasteiger partial charge in [0.05, 0.1) is 12.2 Å². The highest BCUT2D eigenvalue weighted by Crippen LogP contribution is 2.37. The second kappa shape index (κ2) is 9.44. The Hall–Kier alpha value is -3.98. The van der Waals surface area contributed by atoms with Crippen LogP contribution in [0.25, 0.3) is 22.0 Å². The molecular formula is C24H19N5O2S. The summed E-state index contributed by atoms with van der Waals surface area (Å²) in [4.78, 5) is 7.57. The predicted octanol–water partition coefficient (Wildman–Crippen LogP) is 4.22. The van der Waals surface area contributed by atoms with E-state index in [9.17, 15) is 10.5 Å². The van der Waals surface area contributed by atoms with Crippen LogP contribution in [0, 0.1) is 22.7 Å². The van der Waals surface area contributed by atoms with Crippen LogP contribution in [0.2, 0.25) is 0 Å². The van der Waals surface area contributed by atoms with Crippen LogP contribution < -0.4 is 10.5 Å². The van der Waals surface area contributed by atoms with Crippen molar-refractivity contribution >= 4 is 28.5 Å². The van der Waals surface area contributed by atoms with Gasteiger partial charge in [-0.3, -0.25) is 0 Å². The molecule has 158 valence electrons. The highest BCUT2D eigenvalue weighted by molar-refractivity contribution is 7.98. The molecule has 2 aromatic carbocycles. The van der Waals surface area contributed by atoms with E-state index < -0.39 is 0 Å². The zero-order valence-corrected chi connectivity index (χ0v) is 17.8. The van der Waals surface area contributed by atoms with Gasteiger partial charge in [-0.25, -0.2) is 4.98 Å². The van der Waals surface area contributed by atoms with Crippen molar-refractivity contribution in [3.63, 3.8) is 0 Å². The molecule has 0 bridgehead atoms. The minimum absolute atomic E-state index is 0.0864. The fourth-order valence-electron chi connectivity index (χ4n) is 3.50. The molecule has 0 saturated heterocycles. The summed E-state index contributed by atoms with van der Waals surface area (Å²) in [6.45, 7) is 0.0972. The molecule has 4 rings (SSSR count). The number of nitrogens with two attached hydrogens (primary N) is 1. The summed E-state index contributed by atoms with van der Waals surface area (Å²) in [6.07, 6.45) is 1.89. The van der Waals surface area contributed by atoms with Gasteiger partial charge < -0.3 is 20.6 Å². The summed E-state index contributed by atoms with van der Waals surface area (Å²) in [6, 6.07) is 19.3. The van der Waals surface area contributed by atoms with Gasteiger partial charge in [0.15, 0.2) is 0 Å². The predicted molar refractivity (Wildman–Crippen MR) is 124 cm³/mol. The Morgan fingerprint density at radius 2 is 1.84 bits per heavy atom. The molecule has 0 saturated carbocycles. The summed E-state index contributed by atoms with van der Waals surface area (Å²) >= 11 is 1.41. The number of aromatic amines is 1. The molecule has 4 N–H and O–H groups in total. The minimum atomic E-state index is -0.0864. The van der Waals surface area contributed by atoms with E-state index in [0.717, 1.165) is 16.5 Å². The molecule has 7 nitrogen and oxygen atoms in total. The number of fused-ring (bicyclic) bond motifs is 1. The van der Waals surface area contributed by atoms with Crippen LogP contribution in [0.3, 0.4) is 0 Å². The number of pyridine rings is 1. The van der Waals surface area contributed by atoms with Crippen molar-refractivity contribution in [2.24, 2.45) is 0 Å². The van der Waals surface area contributed by atoms with E-state index in [1.807, 2.05) is 30.5 Å². The first-order chi connectivity index (χ1) is 15.7. The number of hydrogen-bond donors (Lipinski definition) is 3. The molecule has 0 aliphatic heterocycles. The number of aromatic nitrogens is 2. The van der Waals surface area contributed by atoms with Crippen molar-refractivity contribution in [2.75, 3.05) is 18.9 Å². The molecule has 0 amide bonds. The molecule has 0 spiro atoms. The van der Waals surface area contributed by atoms with E-state index in [4.69, 9.17) is 15.6 Å². The van der Waals surface area contributed by atoms with Gasteiger partial charge in [-0.15, -0.1) is 11.8 Å². The third kappa shape index (κ3) is 4.10. The van der Waals surface area contributed by atoms with E-state index in [-0.39, 0.29) is 24.6 Å². The first-order valence-corrected chi connectivity index (χ1v) is 10.8. The van der Waals surface area contributed by atoms with Crippen LogP contribution in [-0.2, 0) is 5.75 Å². The fourth-order valence-corrected chi connectivity index (χ4v) is 4.49. The minimum Gasteiger partial charge on any atom is -0.491 e. The molecule has 2 heterocycles. The van der Waals surface area contributed by atoms with E-state index in [0.29, 0.717) is 33.2 Å². The third-order valence-electron chi connectivity index (χ3n) is 4.97. The van der Waals surface area contributed by atoms with Gasteiger partial charge >= 0.3 is 0 Å². The summed E-state index contributed by atoms with van der Waals surface area (Å²) in [5.74, 6) is 1.26. The van der Waals surface area contributed by atoms with E-state index in [2.05, 4.69) is 22.1 Å². The number of nitrogen functional groups attached to an aromatic ring is 1. The standard InChI is InChI=1S/C24H19N5O2S/c25-12-19-22(15-4-6-17(7-5-15)31-11-10-30)20(13-26)24(29-23(19)27)32-14-16-2-1-3-21-18(16)8-9-28-21/h1-9,28,30H,10-11,14H2,(H2,27,29). The van der Waals surface area contributed by atoms with Gasteiger partial charge in [-0.1, -0.05) is 24.3 Å². The maximum Gasteiger partial charge on any atom is 0.143 e. The van der Waals surface area contributed by atoms with Gasteiger partial charge in [0.2, 0.25) is 0 Å². The van der Waals surface area contributed by atoms with E-state index in [1.54, 1.807) is 24.3 Å². The molecule has 0 aliphatic carbocycles. The third-order valence-corrected chi connectivity index (χ3v) is 5.99. The van der Waals surface area contributed by atoms with Gasteiger partial charge in [-0.05, 0) is 35.4 Å². The van der Waals surface area contributed by atoms with Crippen molar-refractivity contribution in [1.82, 2.24) is 9.97 Å². The Labute approximate surface area is 189 Å². The Bertz CT molecular complexity index is 1350. The van der Waals surface area contributed by atoms with Gasteiger partial charge in [0.25, 0.3) is 0 Å². The number of anilines is 1. The maximum absolute atomic E-state index is 9.97. The Balaban J connectivity index is 1.73. The average Bonchev–Trinajstić information content (AvgIpc) is 3.31. The lowest BCUT2D eigenvalue weighted by molar-refractivity contribution is 0.201. The lowest BCUT2D eigenvalue weighted by Crippen LogP contribution is -2.04. The van der Waals surface area contributed by atoms with Crippen LogP contribution in [0.15, 0.2) is 59.8 Å². The molecule has 0 unspecified atom stereocenters. The van der Waals surface area contributed by atoms with Gasteiger partial charge in [-0.2, -0.15) is 10.5 Å². The maximum atomic E-state index is 9.97. The fraction of sp³-hybridized carbons (Fsp3) is 0.125. The number of nitrogens with zero attached hydrogens (tertiary/aromatic N) is 3.